The molecule has 0 saturated heterocycles. The molecule has 0 aliphatic carbocycles. The van der Waals surface area contributed by atoms with Crippen LogP contribution in [0.2, 0.25) is 0 Å². The van der Waals surface area contributed by atoms with Crippen molar-refractivity contribution in [2.75, 3.05) is 6.61 Å². The molecule has 1 nitrogen and oxygen atoms in total. The monoisotopic (exact) mass is 304 g/mol. The van der Waals surface area contributed by atoms with Gasteiger partial charge in [-0.25, -0.2) is 0 Å². The van der Waals surface area contributed by atoms with Gasteiger partial charge in [-0.05, 0) is 11.1 Å². The molecule has 0 spiro atoms. The van der Waals surface area contributed by atoms with E-state index in [2.05, 4.69) is 5.73 Å². The van der Waals surface area contributed by atoms with Crippen LogP contribution in [-0.4, -0.2) is 12.8 Å². The highest BCUT2D eigenvalue weighted by atomic mass is 19.4. The van der Waals surface area contributed by atoms with Crippen LogP contribution < -0.4 is 0 Å². The second-order valence-corrected chi connectivity index (χ2v) is 4.65. The van der Waals surface area contributed by atoms with Gasteiger partial charge in [0.15, 0.2) is 0 Å². The summed E-state index contributed by atoms with van der Waals surface area (Å²) in [5, 5.41) is 0. The van der Waals surface area contributed by atoms with Crippen LogP contribution in [-0.2, 0) is 11.3 Å². The Bertz CT molecular complexity index is 639. The second kappa shape index (κ2) is 7.64. The lowest BCUT2D eigenvalue weighted by atomic mass is 10.1. The van der Waals surface area contributed by atoms with Crippen molar-refractivity contribution in [3.63, 3.8) is 0 Å². The molecule has 22 heavy (non-hydrogen) atoms. The quantitative estimate of drug-likeness (QED) is 0.706. The van der Waals surface area contributed by atoms with E-state index < -0.39 is 6.18 Å². The van der Waals surface area contributed by atoms with E-state index in [9.17, 15) is 13.2 Å². The molecule has 0 unspecified atom stereocenters. The van der Waals surface area contributed by atoms with Crippen molar-refractivity contribution >= 4 is 5.57 Å². The van der Waals surface area contributed by atoms with Crippen molar-refractivity contribution in [2.24, 2.45) is 0 Å². The largest absolute Gasteiger partial charge is 0.416 e. The molecule has 0 heterocycles. The van der Waals surface area contributed by atoms with Crippen LogP contribution in [0.25, 0.3) is 5.57 Å². The molecule has 0 aliphatic rings. The summed E-state index contributed by atoms with van der Waals surface area (Å²) in [6.07, 6.45) is -4.28. The summed E-state index contributed by atoms with van der Waals surface area (Å²) >= 11 is 0. The molecule has 0 atom stereocenters. The molecule has 0 bridgehead atoms. The molecular weight excluding hydrogens is 289 g/mol. The fourth-order valence-electron chi connectivity index (χ4n) is 1.86. The molecule has 0 fully saturated rings. The highest BCUT2D eigenvalue weighted by Gasteiger charge is 2.22. The zero-order chi connectivity index (χ0) is 15.8. The fraction of sp³-hybridized carbons (Fsp3) is 0.167. The van der Waals surface area contributed by atoms with Crippen LogP contribution in [0.4, 0.5) is 13.2 Å². The minimum absolute atomic E-state index is 0.0610. The molecule has 114 valence electrons. The van der Waals surface area contributed by atoms with E-state index >= 15 is 0 Å². The second-order valence-electron chi connectivity index (χ2n) is 4.65. The zero-order valence-corrected chi connectivity index (χ0v) is 11.8. The predicted octanol–water partition coefficient (Wildman–Crippen LogP) is 5.00. The molecule has 2 aromatic carbocycles. The number of hydrogen-bond donors (Lipinski definition) is 0. The first-order valence-electron chi connectivity index (χ1n) is 6.75. The van der Waals surface area contributed by atoms with Crippen molar-refractivity contribution in [3.05, 3.63) is 83.6 Å². The number of ether oxygens (including phenoxy) is 1. The minimum Gasteiger partial charge on any atom is -0.371 e. The average Bonchev–Trinajstić information content (AvgIpc) is 2.51. The Balaban J connectivity index is 2.11. The van der Waals surface area contributed by atoms with Crippen molar-refractivity contribution in [1.29, 1.82) is 0 Å². The Hall–Kier alpha value is -2.29. The number of benzene rings is 2. The van der Waals surface area contributed by atoms with Crippen LogP contribution in [0.15, 0.2) is 72.5 Å². The minimum atomic E-state index is -4.39. The van der Waals surface area contributed by atoms with E-state index in [0.29, 0.717) is 17.7 Å². The van der Waals surface area contributed by atoms with Crippen molar-refractivity contribution in [1.82, 2.24) is 0 Å². The van der Waals surface area contributed by atoms with Crippen LogP contribution in [0.3, 0.4) is 0 Å². The fourth-order valence-corrected chi connectivity index (χ4v) is 1.86. The zero-order valence-electron chi connectivity index (χ0n) is 11.8. The maximum atomic E-state index is 12.3. The number of alkyl halides is 3. The smallest absolute Gasteiger partial charge is 0.371 e. The summed E-state index contributed by atoms with van der Waals surface area (Å²) in [5.74, 6) is 0. The van der Waals surface area contributed by atoms with Gasteiger partial charge in [0.05, 0.1) is 19.3 Å². The molecular formula is C18H15F3O. The maximum absolute atomic E-state index is 12.3. The van der Waals surface area contributed by atoms with E-state index in [-0.39, 0.29) is 12.7 Å². The van der Waals surface area contributed by atoms with Gasteiger partial charge >= 0.3 is 6.18 Å². The maximum Gasteiger partial charge on any atom is 0.416 e. The van der Waals surface area contributed by atoms with Crippen molar-refractivity contribution < 1.29 is 17.9 Å². The molecule has 2 aromatic rings. The summed E-state index contributed by atoms with van der Waals surface area (Å²) in [6, 6.07) is 18.3. The summed E-state index contributed by atoms with van der Waals surface area (Å²) in [7, 11) is 0. The molecule has 2 rings (SSSR count). The van der Waals surface area contributed by atoms with Gasteiger partial charge in [-0.1, -0.05) is 60.7 Å². The summed E-state index contributed by atoms with van der Waals surface area (Å²) in [4.78, 5) is 0. The molecule has 4 heteroatoms. The Morgan fingerprint density at radius 2 is 1.55 bits per heavy atom. The average molecular weight is 304 g/mol. The Morgan fingerprint density at radius 1 is 0.955 bits per heavy atom. The third-order valence-corrected chi connectivity index (χ3v) is 2.89. The summed E-state index contributed by atoms with van der Waals surface area (Å²) in [5.41, 5.74) is 4.30. The van der Waals surface area contributed by atoms with Gasteiger partial charge in [-0.3, -0.25) is 0 Å². The molecule has 0 aliphatic heterocycles. The van der Waals surface area contributed by atoms with Gasteiger partial charge in [0.25, 0.3) is 0 Å². The molecule has 0 saturated carbocycles. The number of halogens is 3. The van der Waals surface area contributed by atoms with E-state index in [1.807, 2.05) is 30.3 Å². The highest BCUT2D eigenvalue weighted by Crippen LogP contribution is 2.19. The molecule has 0 N–H and O–H groups in total. The number of hydrogen-bond acceptors (Lipinski definition) is 1. The Kier molecular flexibility index (Phi) is 5.59. The van der Waals surface area contributed by atoms with E-state index in [1.165, 1.54) is 0 Å². The van der Waals surface area contributed by atoms with Gasteiger partial charge in [-0.15, -0.1) is 5.73 Å². The molecule has 0 radical (unpaired) electrons. The lowest BCUT2D eigenvalue weighted by molar-refractivity contribution is -0.0796. The molecule has 0 aromatic heterocycles. The van der Waals surface area contributed by atoms with E-state index in [1.54, 1.807) is 30.3 Å². The Morgan fingerprint density at radius 3 is 2.14 bits per heavy atom. The number of rotatable bonds is 5. The van der Waals surface area contributed by atoms with E-state index in [0.717, 1.165) is 5.56 Å². The van der Waals surface area contributed by atoms with E-state index in [4.69, 9.17) is 4.74 Å². The SMILES string of the molecule is FC(F)(F)C=C=C(COCc1ccccc1)c1ccccc1. The van der Waals surface area contributed by atoms with Crippen LogP contribution in [0.5, 0.6) is 0 Å². The first kappa shape index (κ1) is 16.1. The van der Waals surface area contributed by atoms with Gasteiger partial charge in [0.1, 0.15) is 0 Å². The lowest BCUT2D eigenvalue weighted by Crippen LogP contribution is -2.01. The third-order valence-electron chi connectivity index (χ3n) is 2.89. The normalized spacial score (nSPS) is 10.9. The van der Waals surface area contributed by atoms with Crippen LogP contribution in [0, 0.1) is 0 Å². The third kappa shape index (κ3) is 5.60. The summed E-state index contributed by atoms with van der Waals surface area (Å²) in [6.45, 7) is 0.399. The van der Waals surface area contributed by atoms with Gasteiger partial charge < -0.3 is 4.74 Å². The summed E-state index contributed by atoms with van der Waals surface area (Å²) < 4.78 is 42.6. The highest BCUT2D eigenvalue weighted by molar-refractivity contribution is 5.65. The lowest BCUT2D eigenvalue weighted by Gasteiger charge is -2.07. The Labute approximate surface area is 127 Å². The first-order chi connectivity index (χ1) is 10.5. The van der Waals surface area contributed by atoms with Crippen LogP contribution in [0.1, 0.15) is 11.1 Å². The van der Waals surface area contributed by atoms with Crippen molar-refractivity contribution in [2.45, 2.75) is 12.8 Å². The van der Waals surface area contributed by atoms with Gasteiger partial charge in [0.2, 0.25) is 0 Å². The van der Waals surface area contributed by atoms with Crippen molar-refractivity contribution in [3.8, 4) is 0 Å². The predicted molar refractivity (Wildman–Crippen MR) is 80.1 cm³/mol. The standard InChI is InChI=1S/C18H15F3O/c19-18(20,21)12-11-17(16-9-5-2-6-10-16)14-22-13-15-7-3-1-4-8-15/h1-10,12H,13-14H2. The molecule has 0 amide bonds. The van der Waals surface area contributed by atoms with Gasteiger partial charge in [-0.2, -0.15) is 13.2 Å². The first-order valence-corrected chi connectivity index (χ1v) is 6.75. The van der Waals surface area contributed by atoms with Gasteiger partial charge in [0, 0.05) is 5.57 Å². The topological polar surface area (TPSA) is 9.23 Å². The van der Waals surface area contributed by atoms with Crippen LogP contribution >= 0.6 is 0 Å².